The van der Waals surface area contributed by atoms with Crippen molar-refractivity contribution in [1.29, 1.82) is 0 Å². The first kappa shape index (κ1) is 13.3. The van der Waals surface area contributed by atoms with Gasteiger partial charge in [-0.3, -0.25) is 21.1 Å². The van der Waals surface area contributed by atoms with E-state index in [1.807, 2.05) is 7.05 Å². The minimum atomic E-state index is 0.0941. The Labute approximate surface area is 108 Å². The van der Waals surface area contributed by atoms with E-state index >= 15 is 0 Å². The molecule has 2 aliphatic rings. The molecule has 0 saturated carbocycles. The molecule has 1 saturated heterocycles. The molecule has 100 valence electrons. The second kappa shape index (κ2) is 6.68. The first-order chi connectivity index (χ1) is 8.79. The fourth-order valence-corrected chi connectivity index (χ4v) is 2.43. The van der Waals surface area contributed by atoms with Crippen molar-refractivity contribution in [3.63, 3.8) is 0 Å². The van der Waals surface area contributed by atoms with Gasteiger partial charge >= 0.3 is 0 Å². The van der Waals surface area contributed by atoms with Crippen molar-refractivity contribution >= 4 is 5.91 Å². The third-order valence-electron chi connectivity index (χ3n) is 3.42. The fraction of sp³-hybridized carbons (Fsp3) is 0.615. The summed E-state index contributed by atoms with van der Waals surface area (Å²) in [5.74, 6) is 0.0941. The van der Waals surface area contributed by atoms with Gasteiger partial charge in [0.05, 0.1) is 0 Å². The summed E-state index contributed by atoms with van der Waals surface area (Å²) >= 11 is 0. The molecular weight excluding hydrogens is 228 g/mol. The number of hydrazine groups is 2. The van der Waals surface area contributed by atoms with Crippen LogP contribution in [0.2, 0.25) is 0 Å². The second-order valence-corrected chi connectivity index (χ2v) is 4.75. The third-order valence-corrected chi connectivity index (χ3v) is 3.42. The first-order valence-electron chi connectivity index (χ1n) is 6.63. The molecule has 5 nitrogen and oxygen atoms in total. The highest BCUT2D eigenvalue weighted by atomic mass is 16.2. The maximum absolute atomic E-state index is 11.1. The van der Waals surface area contributed by atoms with Gasteiger partial charge in [0.25, 0.3) is 0 Å². The monoisotopic (exact) mass is 250 g/mol. The zero-order valence-corrected chi connectivity index (χ0v) is 10.9. The van der Waals surface area contributed by atoms with Gasteiger partial charge in [-0.1, -0.05) is 23.3 Å². The topological polar surface area (TPSA) is 65.2 Å². The Morgan fingerprint density at radius 2 is 2.33 bits per heavy atom. The van der Waals surface area contributed by atoms with Gasteiger partial charge in [0.2, 0.25) is 5.91 Å². The number of amides is 1. The lowest BCUT2D eigenvalue weighted by atomic mass is 9.90. The van der Waals surface area contributed by atoms with Crippen LogP contribution in [0, 0.1) is 0 Å². The average molecular weight is 250 g/mol. The van der Waals surface area contributed by atoms with Gasteiger partial charge in [-0.25, -0.2) is 5.43 Å². The molecule has 0 bridgehead atoms. The summed E-state index contributed by atoms with van der Waals surface area (Å²) in [5.41, 5.74) is 14.7. The van der Waals surface area contributed by atoms with E-state index in [0.29, 0.717) is 12.5 Å². The van der Waals surface area contributed by atoms with Crippen LogP contribution in [0.4, 0.5) is 0 Å². The Balaban J connectivity index is 1.88. The molecular formula is C13H22N4O. The molecule has 0 aromatic heterocycles. The molecule has 1 heterocycles. The highest BCUT2D eigenvalue weighted by molar-refractivity contribution is 5.76. The Hall–Kier alpha value is -1.17. The van der Waals surface area contributed by atoms with E-state index in [2.05, 4.69) is 33.9 Å². The number of rotatable bonds is 5. The summed E-state index contributed by atoms with van der Waals surface area (Å²) in [4.78, 5) is 11.1. The maximum Gasteiger partial charge on any atom is 0.234 e. The molecule has 1 aliphatic carbocycles. The van der Waals surface area contributed by atoms with Gasteiger partial charge in [0.15, 0.2) is 0 Å². The van der Waals surface area contributed by atoms with E-state index in [1.54, 1.807) is 0 Å². The lowest BCUT2D eigenvalue weighted by Crippen LogP contribution is -2.50. The van der Waals surface area contributed by atoms with Crippen LogP contribution in [0.3, 0.4) is 0 Å². The zero-order chi connectivity index (χ0) is 12.8. The SMILES string of the molecule is CNNCCC1=CCCC(C2CCC(=O)NN2)=C1. The molecule has 5 heteroatoms. The molecule has 1 fully saturated rings. The summed E-state index contributed by atoms with van der Waals surface area (Å²) < 4.78 is 0. The number of allylic oxidation sites excluding steroid dienone is 2. The Bertz CT molecular complexity index is 352. The minimum absolute atomic E-state index is 0.0941. The smallest absolute Gasteiger partial charge is 0.234 e. The van der Waals surface area contributed by atoms with Gasteiger partial charge in [-0.05, 0) is 32.7 Å². The first-order valence-corrected chi connectivity index (χ1v) is 6.63. The number of hydrogen-bond donors (Lipinski definition) is 4. The number of nitrogens with one attached hydrogen (secondary N) is 4. The van der Waals surface area contributed by atoms with Crippen LogP contribution in [0.1, 0.15) is 32.1 Å². The van der Waals surface area contributed by atoms with Gasteiger partial charge < -0.3 is 0 Å². The van der Waals surface area contributed by atoms with Crippen molar-refractivity contribution in [1.82, 2.24) is 21.7 Å². The van der Waals surface area contributed by atoms with E-state index < -0.39 is 0 Å². The van der Waals surface area contributed by atoms with Crippen LogP contribution in [-0.2, 0) is 4.79 Å². The van der Waals surface area contributed by atoms with Crippen molar-refractivity contribution in [2.24, 2.45) is 0 Å². The number of hydrogen-bond acceptors (Lipinski definition) is 4. The lowest BCUT2D eigenvalue weighted by Gasteiger charge is -2.28. The average Bonchev–Trinajstić information content (AvgIpc) is 2.40. The van der Waals surface area contributed by atoms with E-state index in [-0.39, 0.29) is 5.91 Å². The predicted octanol–water partition coefficient (Wildman–Crippen LogP) is 0.530. The van der Waals surface area contributed by atoms with Crippen molar-refractivity contribution in [3.8, 4) is 0 Å². The molecule has 0 aromatic carbocycles. The Morgan fingerprint density at radius 1 is 1.44 bits per heavy atom. The molecule has 2 rings (SSSR count). The maximum atomic E-state index is 11.1. The normalized spacial score (nSPS) is 24.3. The van der Waals surface area contributed by atoms with Crippen LogP contribution < -0.4 is 21.7 Å². The summed E-state index contributed by atoms with van der Waals surface area (Å²) in [6, 6.07) is 0.309. The lowest BCUT2D eigenvalue weighted by molar-refractivity contribution is -0.123. The van der Waals surface area contributed by atoms with Crippen LogP contribution in [-0.4, -0.2) is 25.5 Å². The van der Waals surface area contributed by atoms with Crippen molar-refractivity contribution in [2.75, 3.05) is 13.6 Å². The van der Waals surface area contributed by atoms with E-state index in [1.165, 1.54) is 11.1 Å². The molecule has 1 aliphatic heterocycles. The van der Waals surface area contributed by atoms with Gasteiger partial charge in [0.1, 0.15) is 0 Å². The molecule has 18 heavy (non-hydrogen) atoms. The van der Waals surface area contributed by atoms with Gasteiger partial charge in [-0.2, -0.15) is 0 Å². The molecule has 0 spiro atoms. The van der Waals surface area contributed by atoms with Crippen LogP contribution >= 0.6 is 0 Å². The second-order valence-electron chi connectivity index (χ2n) is 4.75. The van der Waals surface area contributed by atoms with Crippen LogP contribution in [0.25, 0.3) is 0 Å². The Morgan fingerprint density at radius 3 is 3.06 bits per heavy atom. The standard InChI is InChI=1S/C13H22N4O/c1-14-15-8-7-10-3-2-4-11(9-10)12-5-6-13(18)17-16-12/h3,9,12,14-16H,2,4-8H2,1H3,(H,17,18). The zero-order valence-electron chi connectivity index (χ0n) is 10.9. The largest absolute Gasteiger partial charge is 0.291 e. The fourth-order valence-electron chi connectivity index (χ4n) is 2.43. The molecule has 0 aromatic rings. The highest BCUT2D eigenvalue weighted by Crippen LogP contribution is 2.24. The molecule has 1 atom stereocenters. The molecule has 4 N–H and O–H groups in total. The summed E-state index contributed by atoms with van der Waals surface area (Å²) in [7, 11) is 1.88. The molecule has 1 unspecified atom stereocenters. The molecule has 1 amide bonds. The summed E-state index contributed by atoms with van der Waals surface area (Å²) in [6.45, 7) is 0.931. The van der Waals surface area contributed by atoms with Crippen molar-refractivity contribution < 1.29 is 4.79 Å². The quantitative estimate of drug-likeness (QED) is 0.424. The van der Waals surface area contributed by atoms with Crippen molar-refractivity contribution in [3.05, 3.63) is 23.3 Å². The summed E-state index contributed by atoms with van der Waals surface area (Å²) in [6.07, 6.45) is 9.35. The molecule has 0 radical (unpaired) electrons. The predicted molar refractivity (Wildman–Crippen MR) is 71.4 cm³/mol. The number of carbonyl (C=O) groups excluding carboxylic acids is 1. The summed E-state index contributed by atoms with van der Waals surface area (Å²) in [5, 5.41) is 0. The Kier molecular flexibility index (Phi) is 4.92. The number of carbonyl (C=O) groups is 1. The van der Waals surface area contributed by atoms with Crippen LogP contribution in [0.5, 0.6) is 0 Å². The van der Waals surface area contributed by atoms with E-state index in [4.69, 9.17) is 0 Å². The highest BCUT2D eigenvalue weighted by Gasteiger charge is 2.21. The van der Waals surface area contributed by atoms with Gasteiger partial charge in [-0.15, -0.1) is 0 Å². The van der Waals surface area contributed by atoms with E-state index in [9.17, 15) is 4.79 Å². The van der Waals surface area contributed by atoms with Crippen molar-refractivity contribution in [2.45, 2.75) is 38.1 Å². The van der Waals surface area contributed by atoms with Gasteiger partial charge in [0, 0.05) is 19.0 Å². The van der Waals surface area contributed by atoms with Crippen LogP contribution in [0.15, 0.2) is 23.3 Å². The van der Waals surface area contributed by atoms with E-state index in [0.717, 1.165) is 32.2 Å². The minimum Gasteiger partial charge on any atom is -0.291 e. The third kappa shape index (κ3) is 3.66.